The van der Waals surface area contributed by atoms with Crippen LogP contribution in [0.15, 0.2) is 54.6 Å². The number of anilines is 1. The summed E-state index contributed by atoms with van der Waals surface area (Å²) in [5, 5.41) is 3.53. The van der Waals surface area contributed by atoms with Crippen LogP contribution in [0.1, 0.15) is 21.7 Å². The topological polar surface area (TPSA) is 63.7 Å². The van der Waals surface area contributed by atoms with Gasteiger partial charge in [0, 0.05) is 48.6 Å². The number of amides is 1. The van der Waals surface area contributed by atoms with Gasteiger partial charge >= 0.3 is 0 Å². The molecule has 31 heavy (non-hydrogen) atoms. The summed E-state index contributed by atoms with van der Waals surface area (Å²) in [6.45, 7) is 2.75. The molecule has 0 spiro atoms. The molecule has 0 fully saturated rings. The van der Waals surface area contributed by atoms with E-state index in [1.165, 1.54) is 16.5 Å². The molecule has 0 atom stereocenters. The Hall–Kier alpha value is -3.16. The summed E-state index contributed by atoms with van der Waals surface area (Å²) in [5.41, 5.74) is 3.20. The molecule has 7 heteroatoms. The third-order valence-electron chi connectivity index (χ3n) is 5.14. The van der Waals surface area contributed by atoms with Crippen molar-refractivity contribution in [3.05, 3.63) is 76.3 Å². The van der Waals surface area contributed by atoms with Gasteiger partial charge in [0.25, 0.3) is 0 Å². The third-order valence-corrected chi connectivity index (χ3v) is 6.14. The lowest BCUT2D eigenvalue weighted by molar-refractivity contribution is -0.111. The van der Waals surface area contributed by atoms with Gasteiger partial charge in [-0.15, -0.1) is 11.3 Å². The SMILES string of the molecule is COc1ccc(C=CC(=O)Nc2nc3c(s2)CN(Cc2ccccc2)CC3)c(OC)c1. The van der Waals surface area contributed by atoms with Crippen molar-refractivity contribution in [3.63, 3.8) is 0 Å². The van der Waals surface area contributed by atoms with E-state index in [9.17, 15) is 4.79 Å². The van der Waals surface area contributed by atoms with Gasteiger partial charge in [-0.1, -0.05) is 30.3 Å². The van der Waals surface area contributed by atoms with Gasteiger partial charge in [-0.05, 0) is 23.8 Å². The van der Waals surface area contributed by atoms with Gasteiger partial charge in [-0.25, -0.2) is 4.98 Å². The zero-order chi connectivity index (χ0) is 21.6. The number of rotatable bonds is 7. The smallest absolute Gasteiger partial charge is 0.250 e. The van der Waals surface area contributed by atoms with Crippen LogP contribution < -0.4 is 14.8 Å². The van der Waals surface area contributed by atoms with Crippen LogP contribution in [0.3, 0.4) is 0 Å². The molecule has 0 aliphatic carbocycles. The van der Waals surface area contributed by atoms with Crippen molar-refractivity contribution >= 4 is 28.5 Å². The number of nitrogens with one attached hydrogen (secondary N) is 1. The quantitative estimate of drug-likeness (QED) is 0.559. The van der Waals surface area contributed by atoms with Crippen molar-refractivity contribution in [2.75, 3.05) is 26.1 Å². The molecule has 1 N–H and O–H groups in total. The molecule has 4 rings (SSSR count). The molecule has 1 aromatic heterocycles. The molecule has 0 bridgehead atoms. The van der Waals surface area contributed by atoms with E-state index in [1.807, 2.05) is 18.2 Å². The van der Waals surface area contributed by atoms with Crippen LogP contribution in [0.25, 0.3) is 6.08 Å². The van der Waals surface area contributed by atoms with Crippen molar-refractivity contribution in [1.29, 1.82) is 0 Å². The van der Waals surface area contributed by atoms with Gasteiger partial charge in [0.05, 0.1) is 19.9 Å². The highest BCUT2D eigenvalue weighted by Gasteiger charge is 2.21. The lowest BCUT2D eigenvalue weighted by Gasteiger charge is -2.25. The van der Waals surface area contributed by atoms with Crippen LogP contribution >= 0.6 is 11.3 Å². The minimum absolute atomic E-state index is 0.217. The van der Waals surface area contributed by atoms with E-state index in [4.69, 9.17) is 9.47 Å². The standard InChI is InChI=1S/C24H25N3O3S/c1-29-19-10-8-18(21(14-19)30-2)9-11-23(28)26-24-25-20-12-13-27(16-22(20)31-24)15-17-6-4-3-5-7-17/h3-11,14H,12-13,15-16H2,1-2H3,(H,25,26,28). The number of nitrogens with zero attached hydrogens (tertiary/aromatic N) is 2. The van der Waals surface area contributed by atoms with Crippen molar-refractivity contribution in [1.82, 2.24) is 9.88 Å². The maximum atomic E-state index is 12.4. The number of carbonyl (C=O) groups is 1. The van der Waals surface area contributed by atoms with Crippen LogP contribution in [0.2, 0.25) is 0 Å². The Balaban J connectivity index is 1.38. The molecule has 3 aromatic rings. The Morgan fingerprint density at radius 1 is 1.19 bits per heavy atom. The number of ether oxygens (including phenoxy) is 2. The van der Waals surface area contributed by atoms with E-state index in [-0.39, 0.29) is 5.91 Å². The maximum absolute atomic E-state index is 12.4. The molecule has 0 saturated carbocycles. The van der Waals surface area contributed by atoms with Crippen LogP contribution in [0.5, 0.6) is 11.5 Å². The summed E-state index contributed by atoms with van der Waals surface area (Å²) >= 11 is 1.55. The van der Waals surface area contributed by atoms with E-state index >= 15 is 0 Å². The molecule has 0 saturated heterocycles. The molecular formula is C24H25N3O3S. The fourth-order valence-corrected chi connectivity index (χ4v) is 4.60. The lowest BCUT2D eigenvalue weighted by Crippen LogP contribution is -2.29. The van der Waals surface area contributed by atoms with Gasteiger partial charge in [0.2, 0.25) is 5.91 Å². The number of hydrogen-bond acceptors (Lipinski definition) is 6. The monoisotopic (exact) mass is 435 g/mol. The number of hydrogen-bond donors (Lipinski definition) is 1. The molecule has 160 valence electrons. The zero-order valence-corrected chi connectivity index (χ0v) is 18.4. The molecule has 1 amide bonds. The highest BCUT2D eigenvalue weighted by atomic mass is 32.1. The van der Waals surface area contributed by atoms with Gasteiger partial charge in [-0.3, -0.25) is 15.0 Å². The van der Waals surface area contributed by atoms with E-state index in [0.29, 0.717) is 16.6 Å². The summed E-state index contributed by atoms with van der Waals surface area (Å²) in [7, 11) is 3.19. The number of benzene rings is 2. The minimum Gasteiger partial charge on any atom is -0.497 e. The van der Waals surface area contributed by atoms with Crippen LogP contribution in [-0.2, 0) is 24.3 Å². The number of fused-ring (bicyclic) bond motifs is 1. The highest BCUT2D eigenvalue weighted by Crippen LogP contribution is 2.29. The Kier molecular flexibility index (Phi) is 6.64. The van der Waals surface area contributed by atoms with Crippen LogP contribution in [-0.4, -0.2) is 36.6 Å². The summed E-state index contributed by atoms with van der Waals surface area (Å²) < 4.78 is 10.6. The van der Waals surface area contributed by atoms with Crippen molar-refractivity contribution in [2.45, 2.75) is 19.5 Å². The number of thiazole rings is 1. The molecule has 2 aromatic carbocycles. The molecule has 6 nitrogen and oxygen atoms in total. The van der Waals surface area contributed by atoms with Gasteiger partial charge in [0.15, 0.2) is 5.13 Å². The second-order valence-electron chi connectivity index (χ2n) is 7.27. The predicted molar refractivity (Wildman–Crippen MR) is 124 cm³/mol. The van der Waals surface area contributed by atoms with E-state index in [0.717, 1.165) is 37.3 Å². The fraction of sp³-hybridized carbons (Fsp3) is 0.250. The first-order valence-corrected chi connectivity index (χ1v) is 10.9. The second kappa shape index (κ2) is 9.76. The summed E-state index contributed by atoms with van der Waals surface area (Å²) in [4.78, 5) is 20.7. The van der Waals surface area contributed by atoms with Crippen molar-refractivity contribution in [2.24, 2.45) is 0 Å². The van der Waals surface area contributed by atoms with E-state index in [2.05, 4.69) is 39.5 Å². The fourth-order valence-electron chi connectivity index (χ4n) is 3.55. The largest absolute Gasteiger partial charge is 0.497 e. The van der Waals surface area contributed by atoms with Crippen LogP contribution in [0, 0.1) is 0 Å². The average molecular weight is 436 g/mol. The average Bonchev–Trinajstić information content (AvgIpc) is 3.19. The Bertz CT molecular complexity index is 1080. The first kappa shape index (κ1) is 21.1. The van der Waals surface area contributed by atoms with E-state index < -0.39 is 0 Å². The normalized spacial score (nSPS) is 13.7. The Morgan fingerprint density at radius 2 is 2.03 bits per heavy atom. The maximum Gasteiger partial charge on any atom is 0.250 e. The Morgan fingerprint density at radius 3 is 2.81 bits per heavy atom. The first-order chi connectivity index (χ1) is 15.1. The third kappa shape index (κ3) is 5.31. The summed E-state index contributed by atoms with van der Waals surface area (Å²) in [6, 6.07) is 15.9. The Labute approximate surface area is 186 Å². The van der Waals surface area contributed by atoms with Crippen molar-refractivity contribution < 1.29 is 14.3 Å². The number of methoxy groups -OCH3 is 2. The molecule has 1 aliphatic heterocycles. The predicted octanol–water partition coefficient (Wildman–Crippen LogP) is 4.37. The molecule has 0 unspecified atom stereocenters. The molecule has 1 aliphatic rings. The van der Waals surface area contributed by atoms with Crippen molar-refractivity contribution in [3.8, 4) is 11.5 Å². The highest BCUT2D eigenvalue weighted by molar-refractivity contribution is 7.15. The lowest BCUT2D eigenvalue weighted by atomic mass is 10.1. The molecular weight excluding hydrogens is 410 g/mol. The molecule has 2 heterocycles. The zero-order valence-electron chi connectivity index (χ0n) is 17.6. The number of aromatic nitrogens is 1. The van der Waals surface area contributed by atoms with Crippen LogP contribution in [0.4, 0.5) is 5.13 Å². The summed E-state index contributed by atoms with van der Waals surface area (Å²) in [5.74, 6) is 1.13. The minimum atomic E-state index is -0.217. The second-order valence-corrected chi connectivity index (χ2v) is 8.35. The van der Waals surface area contributed by atoms with Gasteiger partial charge in [0.1, 0.15) is 11.5 Å². The first-order valence-electron chi connectivity index (χ1n) is 10.1. The van der Waals surface area contributed by atoms with Gasteiger partial charge in [-0.2, -0.15) is 0 Å². The van der Waals surface area contributed by atoms with E-state index in [1.54, 1.807) is 37.7 Å². The summed E-state index contributed by atoms with van der Waals surface area (Å²) in [6.07, 6.45) is 4.11. The van der Waals surface area contributed by atoms with Gasteiger partial charge < -0.3 is 9.47 Å². The molecule has 0 radical (unpaired) electrons. The number of carbonyl (C=O) groups excluding carboxylic acids is 1.